The number of anilines is 1. The Bertz CT molecular complexity index is 1590. The van der Waals surface area contributed by atoms with Crippen molar-refractivity contribution in [3.05, 3.63) is 93.8 Å². The number of fused-ring (bicyclic) bond motifs is 2. The molecule has 0 radical (unpaired) electrons. The second-order valence-electron chi connectivity index (χ2n) is 7.89. The summed E-state index contributed by atoms with van der Waals surface area (Å²) in [6.45, 7) is 3.87. The van der Waals surface area contributed by atoms with Crippen LogP contribution in [0.1, 0.15) is 21.5 Å². The highest BCUT2D eigenvalue weighted by atomic mass is 16.5. The molecule has 0 aliphatic carbocycles. The van der Waals surface area contributed by atoms with Gasteiger partial charge in [-0.05, 0) is 55.3 Å². The van der Waals surface area contributed by atoms with Crippen molar-refractivity contribution in [3.63, 3.8) is 0 Å². The maximum atomic E-state index is 13.2. The largest absolute Gasteiger partial charge is 0.496 e. The molecule has 5 aromatic rings. The molecular weight excluding hydrogens is 418 g/mol. The van der Waals surface area contributed by atoms with Crippen molar-refractivity contribution < 1.29 is 18.4 Å². The highest BCUT2D eigenvalue weighted by molar-refractivity contribution is 6.14. The number of nitrogens with one attached hydrogen (secondary N) is 1. The van der Waals surface area contributed by atoms with E-state index in [0.29, 0.717) is 39.5 Å². The van der Waals surface area contributed by atoms with Gasteiger partial charge in [0.25, 0.3) is 5.91 Å². The average molecular weight is 439 g/mol. The van der Waals surface area contributed by atoms with Crippen molar-refractivity contribution in [2.24, 2.45) is 0 Å². The van der Waals surface area contributed by atoms with E-state index in [-0.39, 0.29) is 5.91 Å². The molecule has 6 heteroatoms. The van der Waals surface area contributed by atoms with Crippen molar-refractivity contribution in [2.45, 2.75) is 13.8 Å². The third kappa shape index (κ3) is 3.55. The summed E-state index contributed by atoms with van der Waals surface area (Å²) in [5, 5.41) is 4.45. The van der Waals surface area contributed by atoms with Gasteiger partial charge >= 0.3 is 5.63 Å². The Kier molecular flexibility index (Phi) is 4.98. The summed E-state index contributed by atoms with van der Waals surface area (Å²) in [6.07, 6.45) is 0. The molecule has 2 heterocycles. The highest BCUT2D eigenvalue weighted by Crippen LogP contribution is 2.41. The van der Waals surface area contributed by atoms with E-state index >= 15 is 0 Å². The number of ether oxygens (including phenoxy) is 1. The van der Waals surface area contributed by atoms with E-state index < -0.39 is 5.63 Å². The lowest BCUT2D eigenvalue weighted by molar-refractivity contribution is 0.102. The zero-order chi connectivity index (χ0) is 23.1. The number of methoxy groups -OCH3 is 1. The number of benzene rings is 3. The van der Waals surface area contributed by atoms with Crippen LogP contribution in [0.25, 0.3) is 33.3 Å². The zero-order valence-corrected chi connectivity index (χ0v) is 18.4. The molecular formula is C27H21NO5. The number of hydrogen-bond donors (Lipinski definition) is 1. The van der Waals surface area contributed by atoms with E-state index in [1.807, 2.05) is 50.2 Å². The van der Waals surface area contributed by atoms with Crippen LogP contribution in [0, 0.1) is 13.8 Å². The van der Waals surface area contributed by atoms with Gasteiger partial charge in [-0.1, -0.05) is 30.3 Å². The maximum Gasteiger partial charge on any atom is 0.336 e. The number of rotatable bonds is 4. The first-order valence-corrected chi connectivity index (χ1v) is 10.5. The molecule has 0 saturated heterocycles. The summed E-state index contributed by atoms with van der Waals surface area (Å²) in [4.78, 5) is 25.7. The Hall–Kier alpha value is -4.32. The van der Waals surface area contributed by atoms with E-state index in [4.69, 9.17) is 13.6 Å². The molecule has 164 valence electrons. The Balaban J connectivity index is 1.76. The van der Waals surface area contributed by atoms with Gasteiger partial charge in [0.05, 0.1) is 18.4 Å². The fraction of sp³-hybridized carbons (Fsp3) is 0.111. The average Bonchev–Trinajstić information content (AvgIpc) is 3.17. The third-order valence-electron chi connectivity index (χ3n) is 5.60. The third-order valence-corrected chi connectivity index (χ3v) is 5.60. The topological polar surface area (TPSA) is 81.7 Å². The first-order chi connectivity index (χ1) is 16.0. The van der Waals surface area contributed by atoms with Gasteiger partial charge in [-0.15, -0.1) is 0 Å². The molecule has 3 aromatic carbocycles. The monoisotopic (exact) mass is 439 g/mol. The Morgan fingerprint density at radius 1 is 0.909 bits per heavy atom. The van der Waals surface area contributed by atoms with Crippen LogP contribution in [0.5, 0.6) is 5.75 Å². The van der Waals surface area contributed by atoms with Gasteiger partial charge in [-0.2, -0.15) is 0 Å². The SMILES string of the molecule is COc1ccccc1C(=O)Nc1c(-c2cc(=O)oc3c(C)cc(C)cc23)oc2ccccc12. The molecule has 0 aliphatic rings. The van der Waals surface area contributed by atoms with E-state index in [9.17, 15) is 9.59 Å². The second-order valence-corrected chi connectivity index (χ2v) is 7.89. The van der Waals surface area contributed by atoms with E-state index in [1.54, 1.807) is 24.3 Å². The van der Waals surface area contributed by atoms with E-state index in [0.717, 1.165) is 21.9 Å². The molecule has 0 aliphatic heterocycles. The maximum absolute atomic E-state index is 13.2. The van der Waals surface area contributed by atoms with Gasteiger partial charge < -0.3 is 18.9 Å². The van der Waals surface area contributed by atoms with Gasteiger partial charge in [0.1, 0.15) is 16.9 Å². The second kappa shape index (κ2) is 7.98. The molecule has 0 atom stereocenters. The van der Waals surface area contributed by atoms with Gasteiger partial charge in [0, 0.05) is 22.4 Å². The number of aryl methyl sites for hydroxylation is 2. The molecule has 0 bridgehead atoms. The molecule has 1 N–H and O–H groups in total. The number of furan rings is 1. The van der Waals surface area contributed by atoms with Crippen LogP contribution < -0.4 is 15.7 Å². The summed E-state index contributed by atoms with van der Waals surface area (Å²) in [5.74, 6) is 0.503. The van der Waals surface area contributed by atoms with Crippen LogP contribution >= 0.6 is 0 Å². The summed E-state index contributed by atoms with van der Waals surface area (Å²) < 4.78 is 17.0. The van der Waals surface area contributed by atoms with Crippen LogP contribution in [0.15, 0.2) is 80.4 Å². The fourth-order valence-electron chi connectivity index (χ4n) is 4.18. The van der Waals surface area contributed by atoms with Crippen molar-refractivity contribution >= 4 is 33.5 Å². The summed E-state index contributed by atoms with van der Waals surface area (Å²) in [7, 11) is 1.52. The molecule has 2 aromatic heterocycles. The van der Waals surface area contributed by atoms with Crippen LogP contribution in [0.2, 0.25) is 0 Å². The lowest BCUT2D eigenvalue weighted by Gasteiger charge is -2.11. The molecule has 33 heavy (non-hydrogen) atoms. The highest BCUT2D eigenvalue weighted by Gasteiger charge is 2.23. The summed E-state index contributed by atoms with van der Waals surface area (Å²) in [5.41, 5.74) is 3.88. The molecule has 6 nitrogen and oxygen atoms in total. The van der Waals surface area contributed by atoms with Gasteiger partial charge in [0.2, 0.25) is 0 Å². The summed E-state index contributed by atoms with van der Waals surface area (Å²) in [6, 6.07) is 19.7. The Labute approximate surface area is 189 Å². The van der Waals surface area contributed by atoms with Gasteiger partial charge in [0.15, 0.2) is 5.76 Å². The zero-order valence-electron chi connectivity index (χ0n) is 18.4. The lowest BCUT2D eigenvalue weighted by atomic mass is 10.0. The van der Waals surface area contributed by atoms with Crippen LogP contribution in [-0.4, -0.2) is 13.0 Å². The number of hydrogen-bond acceptors (Lipinski definition) is 5. The van der Waals surface area contributed by atoms with Crippen molar-refractivity contribution in [3.8, 4) is 17.1 Å². The van der Waals surface area contributed by atoms with Crippen LogP contribution in [-0.2, 0) is 0 Å². The molecule has 0 spiro atoms. The number of para-hydroxylation sites is 2. The smallest absolute Gasteiger partial charge is 0.336 e. The molecule has 0 unspecified atom stereocenters. The molecule has 0 fully saturated rings. The molecule has 1 amide bonds. The minimum Gasteiger partial charge on any atom is -0.496 e. The normalized spacial score (nSPS) is 11.1. The van der Waals surface area contributed by atoms with Crippen molar-refractivity contribution in [1.29, 1.82) is 0 Å². The molecule has 5 rings (SSSR count). The Morgan fingerprint density at radius 2 is 1.67 bits per heavy atom. The number of amides is 1. The lowest BCUT2D eigenvalue weighted by Crippen LogP contribution is -2.13. The number of carbonyl (C=O) groups is 1. The van der Waals surface area contributed by atoms with E-state index in [1.165, 1.54) is 13.2 Å². The number of carbonyl (C=O) groups excluding carboxylic acids is 1. The van der Waals surface area contributed by atoms with Crippen molar-refractivity contribution in [1.82, 2.24) is 0 Å². The molecule has 0 saturated carbocycles. The Morgan fingerprint density at radius 3 is 2.48 bits per heavy atom. The minimum atomic E-state index is -0.494. The van der Waals surface area contributed by atoms with Crippen molar-refractivity contribution in [2.75, 3.05) is 12.4 Å². The predicted octanol–water partition coefficient (Wildman–Crippen LogP) is 6.08. The van der Waals surface area contributed by atoms with Crippen LogP contribution in [0.4, 0.5) is 5.69 Å². The standard InChI is InChI=1S/C27H21NO5/c1-15-12-16(2)25-19(13-15)20(14-23(29)33-25)26-24(17-8-4-7-11-22(17)32-26)28-27(30)18-9-5-6-10-21(18)31-3/h4-14H,1-3H3,(H,28,30). The minimum absolute atomic E-state index is 0.347. The van der Waals surface area contributed by atoms with E-state index in [2.05, 4.69) is 5.32 Å². The van der Waals surface area contributed by atoms with Crippen LogP contribution in [0.3, 0.4) is 0 Å². The fourth-order valence-corrected chi connectivity index (χ4v) is 4.18. The first kappa shape index (κ1) is 20.6. The predicted molar refractivity (Wildman–Crippen MR) is 128 cm³/mol. The first-order valence-electron chi connectivity index (χ1n) is 10.5. The van der Waals surface area contributed by atoms with Gasteiger partial charge in [-0.3, -0.25) is 4.79 Å². The van der Waals surface area contributed by atoms with Gasteiger partial charge in [-0.25, -0.2) is 4.79 Å². The summed E-state index contributed by atoms with van der Waals surface area (Å²) >= 11 is 0. The quantitative estimate of drug-likeness (QED) is 0.343.